The summed E-state index contributed by atoms with van der Waals surface area (Å²) in [6.07, 6.45) is 1.82. The predicted octanol–water partition coefficient (Wildman–Crippen LogP) is 1.73. The summed E-state index contributed by atoms with van der Waals surface area (Å²) in [6.45, 7) is 2.93. The quantitative estimate of drug-likeness (QED) is 0.856. The van der Waals surface area contributed by atoms with Crippen molar-refractivity contribution < 1.29 is 0 Å². The lowest BCUT2D eigenvalue weighted by atomic mass is 10.2. The van der Waals surface area contributed by atoms with Crippen LogP contribution in [0.15, 0.2) is 23.2 Å². The maximum atomic E-state index is 4.23. The van der Waals surface area contributed by atoms with E-state index in [-0.39, 0.29) is 0 Å². The first-order valence-electron chi connectivity index (χ1n) is 4.85. The molecule has 2 heterocycles. The molecule has 0 bridgehead atoms. The number of hydrogen-bond acceptors (Lipinski definition) is 4. The number of aryl methyl sites for hydroxylation is 1. The number of rotatable bonds is 4. The average molecular weight is 222 g/mol. The molecule has 0 amide bonds. The molecule has 0 aliphatic rings. The van der Waals surface area contributed by atoms with Gasteiger partial charge < -0.3 is 5.32 Å². The summed E-state index contributed by atoms with van der Waals surface area (Å²) in [5.74, 6) is 0. The summed E-state index contributed by atoms with van der Waals surface area (Å²) in [7, 11) is 1.95. The molecule has 0 aliphatic heterocycles. The summed E-state index contributed by atoms with van der Waals surface area (Å²) in [6, 6.07) is 2.32. The van der Waals surface area contributed by atoms with Crippen LogP contribution in [0.3, 0.4) is 0 Å². The van der Waals surface area contributed by atoms with Gasteiger partial charge in [0.1, 0.15) is 0 Å². The van der Waals surface area contributed by atoms with Crippen molar-refractivity contribution in [1.29, 1.82) is 0 Å². The van der Waals surface area contributed by atoms with Crippen LogP contribution in [0.4, 0.5) is 0 Å². The van der Waals surface area contributed by atoms with Gasteiger partial charge in [0.05, 0.1) is 16.9 Å². The molecule has 2 rings (SSSR count). The van der Waals surface area contributed by atoms with Crippen molar-refractivity contribution >= 4 is 11.3 Å². The first-order chi connectivity index (χ1) is 7.27. The molecule has 80 valence electrons. The van der Waals surface area contributed by atoms with Gasteiger partial charge in [0, 0.05) is 31.2 Å². The Hall–Kier alpha value is -1.20. The molecule has 1 atom stereocenters. The SMILES string of the molecule is CC(NCc1cscn1)c1ccnn1C. The van der Waals surface area contributed by atoms with Crippen LogP contribution in [0.25, 0.3) is 0 Å². The molecule has 2 aromatic heterocycles. The molecule has 2 aromatic rings. The van der Waals surface area contributed by atoms with Crippen molar-refractivity contribution in [2.24, 2.45) is 7.05 Å². The smallest absolute Gasteiger partial charge is 0.0795 e. The van der Waals surface area contributed by atoms with Gasteiger partial charge in [-0.15, -0.1) is 11.3 Å². The van der Waals surface area contributed by atoms with Crippen molar-refractivity contribution in [2.75, 3.05) is 0 Å². The second-order valence-electron chi connectivity index (χ2n) is 3.46. The van der Waals surface area contributed by atoms with E-state index in [1.165, 1.54) is 5.69 Å². The highest BCUT2D eigenvalue weighted by atomic mass is 32.1. The first-order valence-corrected chi connectivity index (χ1v) is 5.80. The van der Waals surface area contributed by atoms with E-state index in [4.69, 9.17) is 0 Å². The van der Waals surface area contributed by atoms with Crippen LogP contribution in [-0.2, 0) is 13.6 Å². The topological polar surface area (TPSA) is 42.7 Å². The molecule has 0 aliphatic carbocycles. The maximum Gasteiger partial charge on any atom is 0.0795 e. The monoisotopic (exact) mass is 222 g/mol. The van der Waals surface area contributed by atoms with Crippen LogP contribution < -0.4 is 5.32 Å². The zero-order valence-electron chi connectivity index (χ0n) is 8.84. The van der Waals surface area contributed by atoms with E-state index < -0.39 is 0 Å². The Morgan fingerprint density at radius 2 is 2.47 bits per heavy atom. The lowest BCUT2D eigenvalue weighted by molar-refractivity contribution is 0.526. The van der Waals surface area contributed by atoms with E-state index in [2.05, 4.69) is 27.7 Å². The molecule has 4 nitrogen and oxygen atoms in total. The molecule has 0 spiro atoms. The van der Waals surface area contributed by atoms with Gasteiger partial charge in [-0.05, 0) is 13.0 Å². The highest BCUT2D eigenvalue weighted by molar-refractivity contribution is 7.07. The second kappa shape index (κ2) is 4.55. The van der Waals surface area contributed by atoms with Gasteiger partial charge in [-0.25, -0.2) is 4.98 Å². The summed E-state index contributed by atoms with van der Waals surface area (Å²) in [5.41, 5.74) is 4.13. The predicted molar refractivity (Wildman–Crippen MR) is 60.6 cm³/mol. The van der Waals surface area contributed by atoms with Crippen molar-refractivity contribution in [3.63, 3.8) is 0 Å². The molecule has 1 unspecified atom stereocenters. The van der Waals surface area contributed by atoms with Crippen LogP contribution in [0.2, 0.25) is 0 Å². The average Bonchev–Trinajstić information content (AvgIpc) is 2.84. The normalized spacial score (nSPS) is 12.9. The Kier molecular flexibility index (Phi) is 3.13. The number of aromatic nitrogens is 3. The Labute approximate surface area is 93.0 Å². The van der Waals surface area contributed by atoms with Crippen molar-refractivity contribution in [2.45, 2.75) is 19.5 Å². The van der Waals surface area contributed by atoms with Crippen molar-refractivity contribution in [1.82, 2.24) is 20.1 Å². The van der Waals surface area contributed by atoms with Crippen LogP contribution in [-0.4, -0.2) is 14.8 Å². The minimum atomic E-state index is 0.291. The lowest BCUT2D eigenvalue weighted by Crippen LogP contribution is -2.20. The fourth-order valence-electron chi connectivity index (χ4n) is 1.50. The van der Waals surface area contributed by atoms with Gasteiger partial charge in [-0.2, -0.15) is 5.10 Å². The number of thiazole rings is 1. The van der Waals surface area contributed by atoms with Crippen LogP contribution >= 0.6 is 11.3 Å². The molecular weight excluding hydrogens is 208 g/mol. The van der Waals surface area contributed by atoms with E-state index in [1.54, 1.807) is 11.3 Å². The Morgan fingerprint density at radius 1 is 1.60 bits per heavy atom. The first kappa shape index (κ1) is 10.3. The van der Waals surface area contributed by atoms with Crippen molar-refractivity contribution in [3.05, 3.63) is 34.5 Å². The van der Waals surface area contributed by atoms with E-state index in [0.29, 0.717) is 6.04 Å². The third kappa shape index (κ3) is 2.43. The highest BCUT2D eigenvalue weighted by Gasteiger charge is 2.08. The zero-order valence-corrected chi connectivity index (χ0v) is 9.66. The second-order valence-corrected chi connectivity index (χ2v) is 4.18. The van der Waals surface area contributed by atoms with E-state index in [1.807, 2.05) is 29.5 Å². The molecule has 0 saturated heterocycles. The minimum Gasteiger partial charge on any atom is -0.303 e. The molecule has 0 aromatic carbocycles. The van der Waals surface area contributed by atoms with E-state index in [9.17, 15) is 0 Å². The maximum absolute atomic E-state index is 4.23. The summed E-state index contributed by atoms with van der Waals surface area (Å²) in [4.78, 5) is 4.23. The number of nitrogens with zero attached hydrogens (tertiary/aromatic N) is 3. The van der Waals surface area contributed by atoms with Gasteiger partial charge in [-0.3, -0.25) is 4.68 Å². The number of hydrogen-bond donors (Lipinski definition) is 1. The molecule has 1 N–H and O–H groups in total. The fraction of sp³-hybridized carbons (Fsp3) is 0.400. The Balaban J connectivity index is 1.93. The number of nitrogens with one attached hydrogen (secondary N) is 1. The summed E-state index contributed by atoms with van der Waals surface area (Å²) >= 11 is 1.62. The van der Waals surface area contributed by atoms with E-state index >= 15 is 0 Å². The fourth-order valence-corrected chi connectivity index (χ4v) is 2.05. The zero-order chi connectivity index (χ0) is 10.7. The van der Waals surface area contributed by atoms with Gasteiger partial charge >= 0.3 is 0 Å². The van der Waals surface area contributed by atoms with Crippen LogP contribution in [0.5, 0.6) is 0 Å². The summed E-state index contributed by atoms with van der Waals surface area (Å²) < 4.78 is 1.89. The molecule has 5 heteroatoms. The Bertz CT molecular complexity index is 407. The summed E-state index contributed by atoms with van der Waals surface area (Å²) in [5, 5.41) is 9.62. The molecule has 0 radical (unpaired) electrons. The van der Waals surface area contributed by atoms with Gasteiger partial charge in [0.15, 0.2) is 0 Å². The third-order valence-corrected chi connectivity index (χ3v) is 3.01. The molecule has 0 fully saturated rings. The van der Waals surface area contributed by atoms with Gasteiger partial charge in [0.2, 0.25) is 0 Å². The standard InChI is InChI=1S/C10H14N4S/c1-8(10-3-4-13-14(10)2)11-5-9-6-15-7-12-9/h3-4,6-8,11H,5H2,1-2H3. The minimum absolute atomic E-state index is 0.291. The molecular formula is C10H14N4S. The van der Waals surface area contributed by atoms with Crippen LogP contribution in [0, 0.1) is 0 Å². The third-order valence-electron chi connectivity index (χ3n) is 2.38. The van der Waals surface area contributed by atoms with Crippen LogP contribution in [0.1, 0.15) is 24.4 Å². The molecule has 15 heavy (non-hydrogen) atoms. The Morgan fingerprint density at radius 3 is 3.07 bits per heavy atom. The van der Waals surface area contributed by atoms with Gasteiger partial charge in [-0.1, -0.05) is 0 Å². The largest absolute Gasteiger partial charge is 0.303 e. The highest BCUT2D eigenvalue weighted by Crippen LogP contribution is 2.11. The molecule has 0 saturated carbocycles. The van der Waals surface area contributed by atoms with Crippen molar-refractivity contribution in [3.8, 4) is 0 Å². The van der Waals surface area contributed by atoms with E-state index in [0.717, 1.165) is 12.2 Å². The van der Waals surface area contributed by atoms with Gasteiger partial charge in [0.25, 0.3) is 0 Å². The lowest BCUT2D eigenvalue weighted by Gasteiger charge is -2.12.